The molecule has 0 fully saturated rings. The summed E-state index contributed by atoms with van der Waals surface area (Å²) in [4.78, 5) is 18.4. The molecule has 1 aromatic carbocycles. The van der Waals surface area contributed by atoms with Crippen LogP contribution in [-0.4, -0.2) is 28.9 Å². The number of pyridine rings is 1. The second-order valence-corrected chi connectivity index (χ2v) is 6.23. The maximum Gasteiger partial charge on any atom is 0.255 e. The third-order valence-electron chi connectivity index (χ3n) is 3.59. The standard InChI is InChI=1S/C17H15IN2O/c18-16-10-15(11-19-12-16)17(21)20-8-6-14(7-9-20)13-4-2-1-3-5-13/h1-6,10-12H,7-9H2. The third kappa shape index (κ3) is 3.32. The van der Waals surface area contributed by atoms with Crippen LogP contribution in [0, 0.1) is 3.57 Å². The molecule has 0 N–H and O–H groups in total. The fourth-order valence-electron chi connectivity index (χ4n) is 2.48. The van der Waals surface area contributed by atoms with Crippen LogP contribution in [-0.2, 0) is 0 Å². The van der Waals surface area contributed by atoms with E-state index in [1.165, 1.54) is 11.1 Å². The van der Waals surface area contributed by atoms with Crippen LogP contribution < -0.4 is 0 Å². The minimum atomic E-state index is 0.0596. The molecule has 106 valence electrons. The third-order valence-corrected chi connectivity index (χ3v) is 4.18. The Morgan fingerprint density at radius 1 is 1.19 bits per heavy atom. The van der Waals surface area contributed by atoms with Crippen molar-refractivity contribution in [2.75, 3.05) is 13.1 Å². The van der Waals surface area contributed by atoms with Gasteiger partial charge in [-0.25, -0.2) is 0 Å². The Bertz CT molecular complexity index is 682. The Morgan fingerprint density at radius 3 is 2.67 bits per heavy atom. The first-order valence-corrected chi connectivity index (χ1v) is 7.96. The van der Waals surface area contributed by atoms with Gasteiger partial charge in [-0.05, 0) is 46.2 Å². The predicted molar refractivity (Wildman–Crippen MR) is 91.9 cm³/mol. The summed E-state index contributed by atoms with van der Waals surface area (Å²) in [5.41, 5.74) is 3.24. The van der Waals surface area contributed by atoms with Gasteiger partial charge in [0, 0.05) is 29.1 Å². The van der Waals surface area contributed by atoms with Crippen molar-refractivity contribution in [1.82, 2.24) is 9.88 Å². The summed E-state index contributed by atoms with van der Waals surface area (Å²) in [6, 6.07) is 12.2. The lowest BCUT2D eigenvalue weighted by Gasteiger charge is -2.26. The van der Waals surface area contributed by atoms with Crippen LogP contribution >= 0.6 is 22.6 Å². The molecule has 2 heterocycles. The van der Waals surface area contributed by atoms with E-state index in [1.807, 2.05) is 29.2 Å². The topological polar surface area (TPSA) is 33.2 Å². The monoisotopic (exact) mass is 390 g/mol. The van der Waals surface area contributed by atoms with Crippen molar-refractivity contribution in [2.45, 2.75) is 6.42 Å². The van der Waals surface area contributed by atoms with Crippen molar-refractivity contribution in [2.24, 2.45) is 0 Å². The lowest BCUT2D eigenvalue weighted by Crippen LogP contribution is -2.34. The Hall–Kier alpha value is -1.69. The Balaban J connectivity index is 1.73. The Labute approximate surface area is 137 Å². The normalized spacial score (nSPS) is 14.7. The van der Waals surface area contributed by atoms with Crippen LogP contribution in [0.4, 0.5) is 0 Å². The summed E-state index contributed by atoms with van der Waals surface area (Å²) in [6.07, 6.45) is 6.44. The predicted octanol–water partition coefficient (Wildman–Crippen LogP) is 3.62. The van der Waals surface area contributed by atoms with E-state index in [9.17, 15) is 4.79 Å². The zero-order valence-electron chi connectivity index (χ0n) is 11.5. The minimum absolute atomic E-state index is 0.0596. The molecule has 1 aliphatic rings. The van der Waals surface area contributed by atoms with Gasteiger partial charge in [0.1, 0.15) is 0 Å². The quantitative estimate of drug-likeness (QED) is 0.735. The lowest BCUT2D eigenvalue weighted by atomic mass is 9.99. The van der Waals surface area contributed by atoms with E-state index in [-0.39, 0.29) is 5.91 Å². The van der Waals surface area contributed by atoms with Crippen LogP contribution in [0.25, 0.3) is 5.57 Å². The molecule has 0 atom stereocenters. The van der Waals surface area contributed by atoms with E-state index in [4.69, 9.17) is 0 Å². The molecule has 21 heavy (non-hydrogen) atoms. The van der Waals surface area contributed by atoms with E-state index in [0.717, 1.165) is 16.5 Å². The number of carbonyl (C=O) groups excluding carboxylic acids is 1. The average Bonchev–Trinajstić information content (AvgIpc) is 2.55. The fraction of sp³-hybridized carbons (Fsp3) is 0.176. The molecule has 0 aliphatic carbocycles. The van der Waals surface area contributed by atoms with Crippen molar-refractivity contribution in [3.8, 4) is 0 Å². The first-order chi connectivity index (χ1) is 10.2. The molecular formula is C17H15IN2O. The van der Waals surface area contributed by atoms with Crippen molar-refractivity contribution in [3.63, 3.8) is 0 Å². The number of aromatic nitrogens is 1. The molecular weight excluding hydrogens is 375 g/mol. The van der Waals surface area contributed by atoms with Crippen LogP contribution in [0.15, 0.2) is 54.9 Å². The van der Waals surface area contributed by atoms with Crippen LogP contribution in [0.1, 0.15) is 22.3 Å². The number of nitrogens with zero attached hydrogens (tertiary/aromatic N) is 2. The second-order valence-electron chi connectivity index (χ2n) is 4.99. The maximum atomic E-state index is 12.4. The summed E-state index contributed by atoms with van der Waals surface area (Å²) >= 11 is 2.18. The number of amides is 1. The highest BCUT2D eigenvalue weighted by molar-refractivity contribution is 14.1. The van der Waals surface area contributed by atoms with Gasteiger partial charge in [-0.2, -0.15) is 0 Å². The van der Waals surface area contributed by atoms with Gasteiger partial charge in [-0.1, -0.05) is 36.4 Å². The molecule has 4 heteroatoms. The van der Waals surface area contributed by atoms with Gasteiger partial charge in [0.2, 0.25) is 0 Å². The Kier molecular flexibility index (Phi) is 4.34. The first-order valence-electron chi connectivity index (χ1n) is 6.88. The summed E-state index contributed by atoms with van der Waals surface area (Å²) in [7, 11) is 0. The molecule has 2 aromatic rings. The molecule has 1 amide bonds. The van der Waals surface area contributed by atoms with E-state index in [0.29, 0.717) is 12.1 Å². The lowest BCUT2D eigenvalue weighted by molar-refractivity contribution is 0.0772. The van der Waals surface area contributed by atoms with Gasteiger partial charge in [-0.15, -0.1) is 0 Å². The smallest absolute Gasteiger partial charge is 0.255 e. The molecule has 0 unspecified atom stereocenters. The molecule has 0 radical (unpaired) electrons. The van der Waals surface area contributed by atoms with Gasteiger partial charge in [0.15, 0.2) is 0 Å². The second kappa shape index (κ2) is 6.39. The molecule has 0 saturated heterocycles. The number of benzene rings is 1. The van der Waals surface area contributed by atoms with Crippen LogP contribution in [0.3, 0.4) is 0 Å². The molecule has 3 nitrogen and oxygen atoms in total. The number of halogens is 1. The molecule has 0 spiro atoms. The zero-order valence-corrected chi connectivity index (χ0v) is 13.7. The summed E-state index contributed by atoms with van der Waals surface area (Å²) in [5, 5.41) is 0. The van der Waals surface area contributed by atoms with E-state index in [1.54, 1.807) is 12.4 Å². The maximum absolute atomic E-state index is 12.4. The van der Waals surface area contributed by atoms with E-state index < -0.39 is 0 Å². The van der Waals surface area contributed by atoms with E-state index >= 15 is 0 Å². The molecule has 3 rings (SSSR count). The van der Waals surface area contributed by atoms with Gasteiger partial charge in [0.25, 0.3) is 5.91 Å². The van der Waals surface area contributed by atoms with Crippen LogP contribution in [0.5, 0.6) is 0 Å². The highest BCUT2D eigenvalue weighted by atomic mass is 127. The highest BCUT2D eigenvalue weighted by Gasteiger charge is 2.19. The number of hydrogen-bond donors (Lipinski definition) is 0. The molecule has 0 saturated carbocycles. The fourth-order valence-corrected chi connectivity index (χ4v) is 2.98. The van der Waals surface area contributed by atoms with Crippen molar-refractivity contribution in [1.29, 1.82) is 0 Å². The molecule has 0 bridgehead atoms. The van der Waals surface area contributed by atoms with Gasteiger partial charge < -0.3 is 4.90 Å². The number of carbonyl (C=O) groups is 1. The molecule has 1 aliphatic heterocycles. The number of hydrogen-bond acceptors (Lipinski definition) is 2. The minimum Gasteiger partial charge on any atom is -0.335 e. The first kappa shape index (κ1) is 14.3. The highest BCUT2D eigenvalue weighted by Crippen LogP contribution is 2.23. The largest absolute Gasteiger partial charge is 0.335 e. The van der Waals surface area contributed by atoms with Crippen molar-refractivity contribution < 1.29 is 4.79 Å². The summed E-state index contributed by atoms with van der Waals surface area (Å²) in [5.74, 6) is 0.0596. The van der Waals surface area contributed by atoms with Crippen LogP contribution in [0.2, 0.25) is 0 Å². The molecule has 1 aromatic heterocycles. The summed E-state index contributed by atoms with van der Waals surface area (Å²) < 4.78 is 0.982. The Morgan fingerprint density at radius 2 is 2.00 bits per heavy atom. The zero-order chi connectivity index (χ0) is 14.7. The summed E-state index contributed by atoms with van der Waals surface area (Å²) in [6.45, 7) is 1.42. The van der Waals surface area contributed by atoms with Gasteiger partial charge in [0.05, 0.1) is 5.56 Å². The van der Waals surface area contributed by atoms with Crippen molar-refractivity contribution in [3.05, 3.63) is 69.6 Å². The van der Waals surface area contributed by atoms with Gasteiger partial charge in [-0.3, -0.25) is 9.78 Å². The average molecular weight is 390 g/mol. The van der Waals surface area contributed by atoms with E-state index in [2.05, 4.69) is 45.8 Å². The van der Waals surface area contributed by atoms with Gasteiger partial charge >= 0.3 is 0 Å². The SMILES string of the molecule is O=C(c1cncc(I)c1)N1CC=C(c2ccccc2)CC1. The van der Waals surface area contributed by atoms with Crippen molar-refractivity contribution >= 4 is 34.1 Å². The number of rotatable bonds is 2.